The van der Waals surface area contributed by atoms with Gasteiger partial charge in [0.2, 0.25) is 0 Å². The van der Waals surface area contributed by atoms with Gasteiger partial charge < -0.3 is 5.32 Å². The van der Waals surface area contributed by atoms with Crippen LogP contribution in [0.1, 0.15) is 33.6 Å². The van der Waals surface area contributed by atoms with E-state index in [1.54, 1.807) is 0 Å². The third kappa shape index (κ3) is 6.98. The highest BCUT2D eigenvalue weighted by Crippen LogP contribution is 2.02. The van der Waals surface area contributed by atoms with Gasteiger partial charge in [0, 0.05) is 19.6 Å². The van der Waals surface area contributed by atoms with Gasteiger partial charge in [-0.25, -0.2) is 4.72 Å². The molecule has 1 unspecified atom stereocenters. The van der Waals surface area contributed by atoms with E-state index in [2.05, 4.69) is 10.0 Å². The van der Waals surface area contributed by atoms with Crippen LogP contribution in [0.25, 0.3) is 0 Å². The molecule has 6 heteroatoms. The van der Waals surface area contributed by atoms with Crippen LogP contribution in [-0.4, -0.2) is 45.9 Å². The molecule has 17 heavy (non-hydrogen) atoms. The zero-order chi connectivity index (χ0) is 13.3. The lowest BCUT2D eigenvalue weighted by molar-refractivity contribution is 0.397. The summed E-state index contributed by atoms with van der Waals surface area (Å²) in [7, 11) is -1.44. The van der Waals surface area contributed by atoms with Crippen molar-refractivity contribution in [1.29, 1.82) is 0 Å². The number of hydrogen-bond acceptors (Lipinski definition) is 3. The molecule has 0 fully saturated rings. The van der Waals surface area contributed by atoms with Crippen LogP contribution in [0.5, 0.6) is 0 Å². The van der Waals surface area contributed by atoms with Crippen molar-refractivity contribution in [1.82, 2.24) is 14.3 Å². The average Bonchev–Trinajstić information content (AvgIpc) is 2.27. The Labute approximate surface area is 106 Å². The first-order chi connectivity index (χ1) is 7.97. The Kier molecular flexibility index (Phi) is 8.77. The lowest BCUT2D eigenvalue weighted by atomic mass is 10.2. The first kappa shape index (κ1) is 16.8. The maximum absolute atomic E-state index is 12.0. The molecule has 0 aliphatic carbocycles. The van der Waals surface area contributed by atoms with Crippen molar-refractivity contribution < 1.29 is 8.42 Å². The minimum absolute atomic E-state index is 0.292. The van der Waals surface area contributed by atoms with E-state index < -0.39 is 10.2 Å². The predicted molar refractivity (Wildman–Crippen MR) is 72.2 cm³/mol. The quantitative estimate of drug-likeness (QED) is 0.614. The summed E-state index contributed by atoms with van der Waals surface area (Å²) in [6, 6.07) is 0. The van der Waals surface area contributed by atoms with E-state index in [4.69, 9.17) is 0 Å². The zero-order valence-electron chi connectivity index (χ0n) is 11.5. The van der Waals surface area contributed by atoms with E-state index in [0.717, 1.165) is 19.4 Å². The second kappa shape index (κ2) is 8.85. The summed E-state index contributed by atoms with van der Waals surface area (Å²) in [5, 5.41) is 3.03. The van der Waals surface area contributed by atoms with E-state index in [1.165, 1.54) is 4.31 Å². The molecule has 2 N–H and O–H groups in total. The van der Waals surface area contributed by atoms with Crippen molar-refractivity contribution in [3.05, 3.63) is 0 Å². The highest BCUT2D eigenvalue weighted by atomic mass is 32.2. The Morgan fingerprint density at radius 1 is 1.12 bits per heavy atom. The fourth-order valence-corrected chi connectivity index (χ4v) is 3.13. The van der Waals surface area contributed by atoms with Gasteiger partial charge in [-0.2, -0.15) is 12.7 Å². The van der Waals surface area contributed by atoms with Gasteiger partial charge in [-0.15, -0.1) is 0 Å². The molecule has 0 amide bonds. The van der Waals surface area contributed by atoms with E-state index in [-0.39, 0.29) is 0 Å². The maximum Gasteiger partial charge on any atom is 0.279 e. The molecule has 0 aliphatic heterocycles. The van der Waals surface area contributed by atoms with E-state index >= 15 is 0 Å². The molecule has 0 aromatic carbocycles. The maximum atomic E-state index is 12.0. The fraction of sp³-hybridized carbons (Fsp3) is 1.00. The lowest BCUT2D eigenvalue weighted by Gasteiger charge is -2.22. The van der Waals surface area contributed by atoms with Gasteiger partial charge in [0.05, 0.1) is 0 Å². The Hall–Kier alpha value is -0.170. The van der Waals surface area contributed by atoms with Crippen molar-refractivity contribution in [3.8, 4) is 0 Å². The molecule has 1 atom stereocenters. The minimum atomic E-state index is -3.30. The van der Waals surface area contributed by atoms with Crippen LogP contribution in [0, 0.1) is 5.92 Å². The summed E-state index contributed by atoms with van der Waals surface area (Å²) in [6.07, 6.45) is 1.68. The van der Waals surface area contributed by atoms with Crippen LogP contribution in [0.4, 0.5) is 0 Å². The summed E-state index contributed by atoms with van der Waals surface area (Å²) in [6.45, 7) is 8.46. The van der Waals surface area contributed by atoms with Gasteiger partial charge in [-0.1, -0.05) is 20.8 Å². The number of nitrogens with zero attached hydrogens (tertiary/aromatic N) is 1. The summed E-state index contributed by atoms with van der Waals surface area (Å²) in [4.78, 5) is 0. The standard InChI is InChI=1S/C11H27N3O2S/c1-5-7-14(8-6-2)17(15,16)13-10-11(3)9-12-4/h11-13H,5-10H2,1-4H3. The molecule has 104 valence electrons. The number of nitrogens with one attached hydrogen (secondary N) is 2. The topological polar surface area (TPSA) is 61.4 Å². The number of rotatable bonds is 10. The van der Waals surface area contributed by atoms with Gasteiger partial charge in [0.1, 0.15) is 0 Å². The van der Waals surface area contributed by atoms with Crippen LogP contribution < -0.4 is 10.0 Å². The first-order valence-corrected chi connectivity index (χ1v) is 7.81. The molecule has 0 aromatic rings. The third-order valence-electron chi connectivity index (χ3n) is 2.45. The molecular weight excluding hydrogens is 238 g/mol. The van der Waals surface area contributed by atoms with Gasteiger partial charge in [0.15, 0.2) is 0 Å². The fourth-order valence-electron chi connectivity index (χ4n) is 1.61. The number of hydrogen-bond donors (Lipinski definition) is 2. The summed E-state index contributed by atoms with van der Waals surface area (Å²) in [5.41, 5.74) is 0. The monoisotopic (exact) mass is 265 g/mol. The first-order valence-electron chi connectivity index (χ1n) is 6.37. The summed E-state index contributed by atoms with van der Waals surface area (Å²) < 4.78 is 28.2. The molecule has 0 radical (unpaired) electrons. The molecule has 0 saturated carbocycles. The highest BCUT2D eigenvalue weighted by molar-refractivity contribution is 7.87. The predicted octanol–water partition coefficient (Wildman–Crippen LogP) is 0.798. The van der Waals surface area contributed by atoms with Crippen molar-refractivity contribution >= 4 is 10.2 Å². The molecular formula is C11H27N3O2S. The van der Waals surface area contributed by atoms with Crippen molar-refractivity contribution in [2.75, 3.05) is 33.2 Å². The molecule has 0 aromatic heterocycles. The average molecular weight is 265 g/mol. The van der Waals surface area contributed by atoms with Crippen LogP contribution in [0.15, 0.2) is 0 Å². The van der Waals surface area contributed by atoms with E-state index in [0.29, 0.717) is 25.6 Å². The van der Waals surface area contributed by atoms with Crippen LogP contribution in [0.3, 0.4) is 0 Å². The molecule has 0 rings (SSSR count). The molecule has 0 heterocycles. The Morgan fingerprint density at radius 2 is 1.65 bits per heavy atom. The second-order valence-corrected chi connectivity index (χ2v) is 6.17. The zero-order valence-corrected chi connectivity index (χ0v) is 12.3. The van der Waals surface area contributed by atoms with Crippen LogP contribution in [0.2, 0.25) is 0 Å². The highest BCUT2D eigenvalue weighted by Gasteiger charge is 2.20. The lowest BCUT2D eigenvalue weighted by Crippen LogP contribution is -2.43. The van der Waals surface area contributed by atoms with Crippen molar-refractivity contribution in [2.45, 2.75) is 33.6 Å². The SMILES string of the molecule is CCCN(CCC)S(=O)(=O)NCC(C)CNC. The van der Waals surface area contributed by atoms with Crippen molar-refractivity contribution in [2.24, 2.45) is 5.92 Å². The summed E-state index contributed by atoms with van der Waals surface area (Å²) in [5.74, 6) is 0.292. The largest absolute Gasteiger partial charge is 0.319 e. The van der Waals surface area contributed by atoms with Gasteiger partial charge in [-0.05, 0) is 32.4 Å². The molecule has 0 bridgehead atoms. The Bertz CT molecular complexity index is 274. The smallest absolute Gasteiger partial charge is 0.279 e. The van der Waals surface area contributed by atoms with Crippen LogP contribution in [-0.2, 0) is 10.2 Å². The van der Waals surface area contributed by atoms with E-state index in [9.17, 15) is 8.42 Å². The van der Waals surface area contributed by atoms with Gasteiger partial charge in [0.25, 0.3) is 10.2 Å². The second-order valence-electron chi connectivity index (χ2n) is 4.42. The van der Waals surface area contributed by atoms with Gasteiger partial charge in [-0.3, -0.25) is 0 Å². The Balaban J connectivity index is 4.31. The minimum Gasteiger partial charge on any atom is -0.319 e. The molecule has 0 saturated heterocycles. The van der Waals surface area contributed by atoms with Gasteiger partial charge >= 0.3 is 0 Å². The van der Waals surface area contributed by atoms with Crippen LogP contribution >= 0.6 is 0 Å². The van der Waals surface area contributed by atoms with E-state index in [1.807, 2.05) is 27.8 Å². The summed E-state index contributed by atoms with van der Waals surface area (Å²) >= 11 is 0. The Morgan fingerprint density at radius 3 is 2.06 bits per heavy atom. The molecule has 0 aliphatic rings. The third-order valence-corrected chi connectivity index (χ3v) is 4.03. The normalized spacial score (nSPS) is 14.2. The molecule has 0 spiro atoms. The van der Waals surface area contributed by atoms with Crippen molar-refractivity contribution in [3.63, 3.8) is 0 Å². The molecule has 5 nitrogen and oxygen atoms in total.